The van der Waals surface area contributed by atoms with Gasteiger partial charge in [-0.15, -0.1) is 0 Å². The van der Waals surface area contributed by atoms with Crippen LogP contribution in [0.1, 0.15) is 35.7 Å². The number of amides is 1. The van der Waals surface area contributed by atoms with Crippen LogP contribution >= 0.6 is 0 Å². The number of anilines is 1. The number of pyridine rings is 1. The third-order valence-electron chi connectivity index (χ3n) is 3.80. The van der Waals surface area contributed by atoms with Gasteiger partial charge in [-0.05, 0) is 48.4 Å². The number of carbonyl (C=O) groups is 1. The lowest BCUT2D eigenvalue weighted by Gasteiger charge is -2.07. The number of hydrogen-bond acceptors (Lipinski definition) is 2. The second-order valence-electron chi connectivity index (χ2n) is 5.68. The fourth-order valence-corrected chi connectivity index (χ4v) is 2.49. The van der Waals surface area contributed by atoms with Crippen molar-refractivity contribution >= 4 is 28.6 Å². The minimum absolute atomic E-state index is 0.109. The van der Waals surface area contributed by atoms with Crippen molar-refractivity contribution in [2.75, 3.05) is 5.32 Å². The third kappa shape index (κ3) is 3.87. The van der Waals surface area contributed by atoms with Crippen molar-refractivity contribution in [2.24, 2.45) is 0 Å². The molecule has 0 saturated heterocycles. The fraction of sp³-hybridized carbons (Fsp3) is 0.143. The summed E-state index contributed by atoms with van der Waals surface area (Å²) >= 11 is 0. The molecule has 120 valence electrons. The SMILES string of the molecule is CCC/C=C/c1ccc(C(=O)Nc2ccc3ncccc3c2)cc1. The number of hydrogen-bond donors (Lipinski definition) is 1. The number of unbranched alkanes of at least 4 members (excludes halogenated alkanes) is 1. The normalized spacial score (nSPS) is 11.0. The van der Waals surface area contributed by atoms with Crippen molar-refractivity contribution in [3.05, 3.63) is 78.0 Å². The highest BCUT2D eigenvalue weighted by Gasteiger charge is 2.06. The first-order chi connectivity index (χ1) is 11.8. The molecule has 1 aromatic heterocycles. The molecule has 0 unspecified atom stereocenters. The molecule has 0 atom stereocenters. The van der Waals surface area contributed by atoms with Crippen molar-refractivity contribution in [3.63, 3.8) is 0 Å². The van der Waals surface area contributed by atoms with Gasteiger partial charge in [-0.25, -0.2) is 0 Å². The third-order valence-corrected chi connectivity index (χ3v) is 3.80. The molecule has 0 aliphatic rings. The molecule has 3 rings (SSSR count). The van der Waals surface area contributed by atoms with E-state index in [9.17, 15) is 4.79 Å². The molecule has 0 spiro atoms. The summed E-state index contributed by atoms with van der Waals surface area (Å²) in [6.45, 7) is 2.15. The standard InChI is InChI=1S/C21H20N2O/c1-2-3-4-6-16-8-10-17(11-9-16)21(24)23-19-12-13-20-18(15-19)7-5-14-22-20/h4-15H,2-3H2,1H3,(H,23,24)/b6-4+. The summed E-state index contributed by atoms with van der Waals surface area (Å²) < 4.78 is 0. The van der Waals surface area contributed by atoms with Gasteiger partial charge in [-0.1, -0.05) is 43.7 Å². The first-order valence-electron chi connectivity index (χ1n) is 8.19. The van der Waals surface area contributed by atoms with Crippen LogP contribution in [0.3, 0.4) is 0 Å². The van der Waals surface area contributed by atoms with Gasteiger partial charge in [0.25, 0.3) is 5.91 Å². The van der Waals surface area contributed by atoms with E-state index in [2.05, 4.69) is 29.4 Å². The van der Waals surface area contributed by atoms with Crippen LogP contribution in [-0.4, -0.2) is 10.9 Å². The van der Waals surface area contributed by atoms with E-state index < -0.39 is 0 Å². The molecule has 0 saturated carbocycles. The summed E-state index contributed by atoms with van der Waals surface area (Å²) in [5.74, 6) is -0.109. The largest absolute Gasteiger partial charge is 0.322 e. The first kappa shape index (κ1) is 15.9. The molecule has 3 heteroatoms. The Hall–Kier alpha value is -2.94. The average molecular weight is 316 g/mol. The summed E-state index contributed by atoms with van der Waals surface area (Å²) in [7, 11) is 0. The predicted octanol–water partition coefficient (Wildman–Crippen LogP) is 5.30. The van der Waals surface area contributed by atoms with Crippen LogP contribution in [0, 0.1) is 0 Å². The Morgan fingerprint density at radius 3 is 2.75 bits per heavy atom. The van der Waals surface area contributed by atoms with Gasteiger partial charge in [0.1, 0.15) is 0 Å². The second-order valence-corrected chi connectivity index (χ2v) is 5.68. The number of rotatable bonds is 5. The van der Waals surface area contributed by atoms with Gasteiger partial charge in [0, 0.05) is 22.8 Å². The smallest absolute Gasteiger partial charge is 0.255 e. The van der Waals surface area contributed by atoms with Gasteiger partial charge in [0.15, 0.2) is 0 Å². The maximum Gasteiger partial charge on any atom is 0.255 e. The highest BCUT2D eigenvalue weighted by atomic mass is 16.1. The number of nitrogens with zero attached hydrogens (tertiary/aromatic N) is 1. The van der Waals surface area contributed by atoms with Crippen LogP contribution < -0.4 is 5.32 Å². The Bertz CT molecular complexity index is 866. The van der Waals surface area contributed by atoms with Crippen LogP contribution in [0.25, 0.3) is 17.0 Å². The summed E-state index contributed by atoms with van der Waals surface area (Å²) in [6.07, 6.45) is 8.20. The molecule has 0 aliphatic heterocycles. The second kappa shape index (κ2) is 7.55. The highest BCUT2D eigenvalue weighted by Crippen LogP contribution is 2.18. The van der Waals surface area contributed by atoms with Gasteiger partial charge in [0.2, 0.25) is 0 Å². The Balaban J connectivity index is 1.71. The minimum atomic E-state index is -0.109. The number of aromatic nitrogens is 1. The molecule has 0 bridgehead atoms. The van der Waals surface area contributed by atoms with Crippen molar-refractivity contribution in [3.8, 4) is 0 Å². The Morgan fingerprint density at radius 1 is 1.12 bits per heavy atom. The lowest BCUT2D eigenvalue weighted by atomic mass is 10.1. The Morgan fingerprint density at radius 2 is 1.96 bits per heavy atom. The maximum atomic E-state index is 12.4. The van der Waals surface area contributed by atoms with E-state index in [-0.39, 0.29) is 5.91 Å². The van der Waals surface area contributed by atoms with Crippen LogP contribution in [0.2, 0.25) is 0 Å². The molecular formula is C21H20N2O. The minimum Gasteiger partial charge on any atom is -0.322 e. The molecular weight excluding hydrogens is 296 g/mol. The molecule has 3 aromatic rings. The van der Waals surface area contributed by atoms with E-state index in [4.69, 9.17) is 0 Å². The fourth-order valence-electron chi connectivity index (χ4n) is 2.49. The molecule has 3 nitrogen and oxygen atoms in total. The van der Waals surface area contributed by atoms with Crippen molar-refractivity contribution in [1.29, 1.82) is 0 Å². The number of nitrogens with one attached hydrogen (secondary N) is 1. The molecule has 0 fully saturated rings. The van der Waals surface area contributed by atoms with Crippen LogP contribution in [0.5, 0.6) is 0 Å². The summed E-state index contributed by atoms with van der Waals surface area (Å²) in [5, 5.41) is 3.94. The van der Waals surface area contributed by atoms with Gasteiger partial charge < -0.3 is 5.32 Å². The zero-order valence-corrected chi connectivity index (χ0v) is 13.7. The van der Waals surface area contributed by atoms with E-state index in [0.717, 1.165) is 35.0 Å². The quantitative estimate of drug-likeness (QED) is 0.694. The van der Waals surface area contributed by atoms with E-state index >= 15 is 0 Å². The Kier molecular flexibility index (Phi) is 5.02. The monoisotopic (exact) mass is 316 g/mol. The number of benzene rings is 2. The lowest BCUT2D eigenvalue weighted by molar-refractivity contribution is 0.102. The van der Waals surface area contributed by atoms with E-state index in [1.807, 2.05) is 54.6 Å². The topological polar surface area (TPSA) is 42.0 Å². The van der Waals surface area contributed by atoms with Crippen molar-refractivity contribution < 1.29 is 4.79 Å². The molecule has 0 radical (unpaired) electrons. The first-order valence-corrected chi connectivity index (χ1v) is 8.19. The molecule has 0 aliphatic carbocycles. The molecule has 2 aromatic carbocycles. The average Bonchev–Trinajstić information content (AvgIpc) is 2.62. The van der Waals surface area contributed by atoms with Crippen LogP contribution in [0.4, 0.5) is 5.69 Å². The number of allylic oxidation sites excluding steroid dienone is 1. The van der Waals surface area contributed by atoms with E-state index in [1.165, 1.54) is 0 Å². The molecule has 1 heterocycles. The van der Waals surface area contributed by atoms with Crippen LogP contribution in [-0.2, 0) is 0 Å². The Labute approximate surface area is 142 Å². The number of fused-ring (bicyclic) bond motifs is 1. The molecule has 24 heavy (non-hydrogen) atoms. The van der Waals surface area contributed by atoms with Crippen molar-refractivity contribution in [2.45, 2.75) is 19.8 Å². The van der Waals surface area contributed by atoms with Gasteiger partial charge >= 0.3 is 0 Å². The van der Waals surface area contributed by atoms with E-state index in [0.29, 0.717) is 5.56 Å². The lowest BCUT2D eigenvalue weighted by Crippen LogP contribution is -2.11. The molecule has 1 N–H and O–H groups in total. The van der Waals surface area contributed by atoms with E-state index in [1.54, 1.807) is 6.20 Å². The maximum absolute atomic E-state index is 12.4. The summed E-state index contributed by atoms with van der Waals surface area (Å²) in [4.78, 5) is 16.7. The summed E-state index contributed by atoms with van der Waals surface area (Å²) in [5.41, 5.74) is 3.44. The summed E-state index contributed by atoms with van der Waals surface area (Å²) in [6, 6.07) is 17.2. The van der Waals surface area contributed by atoms with Gasteiger partial charge in [0.05, 0.1) is 5.52 Å². The molecule has 1 amide bonds. The van der Waals surface area contributed by atoms with Crippen molar-refractivity contribution in [1.82, 2.24) is 4.98 Å². The van der Waals surface area contributed by atoms with Gasteiger partial charge in [-0.3, -0.25) is 9.78 Å². The zero-order valence-electron chi connectivity index (χ0n) is 13.7. The van der Waals surface area contributed by atoms with Crippen LogP contribution in [0.15, 0.2) is 66.9 Å². The number of carbonyl (C=O) groups excluding carboxylic acids is 1. The predicted molar refractivity (Wildman–Crippen MR) is 100 cm³/mol. The zero-order chi connectivity index (χ0) is 16.8. The van der Waals surface area contributed by atoms with Gasteiger partial charge in [-0.2, -0.15) is 0 Å². The highest BCUT2D eigenvalue weighted by molar-refractivity contribution is 6.05.